The summed E-state index contributed by atoms with van der Waals surface area (Å²) >= 11 is 7.21. The van der Waals surface area contributed by atoms with E-state index < -0.39 is 13.4 Å². The summed E-state index contributed by atoms with van der Waals surface area (Å²) in [6.45, 7) is 5.66. The van der Waals surface area contributed by atoms with E-state index in [1.807, 2.05) is 0 Å². The fraction of sp³-hybridized carbons (Fsp3) is 1.00. The first kappa shape index (κ1) is 36.9. The second-order valence-corrected chi connectivity index (χ2v) is 10.1. The van der Waals surface area contributed by atoms with Crippen LogP contribution < -0.4 is 0 Å². The maximum absolute atomic E-state index is 7.56. The molecule has 0 aliphatic rings. The second-order valence-electron chi connectivity index (χ2n) is 5.09. The normalized spacial score (nSPS) is 9.76. The van der Waals surface area contributed by atoms with Gasteiger partial charge in [0.15, 0.2) is 0 Å². The van der Waals surface area contributed by atoms with E-state index >= 15 is 0 Å². The van der Waals surface area contributed by atoms with Crippen LogP contribution >= 0.6 is 13.4 Å². The maximum atomic E-state index is 7.56. The smallest absolute Gasteiger partial charge is 0.319 e. The Morgan fingerprint density at radius 1 is 0.440 bits per heavy atom. The van der Waals surface area contributed by atoms with Gasteiger partial charge in [-0.25, -0.2) is 0 Å². The van der Waals surface area contributed by atoms with Crippen LogP contribution in [0.5, 0.6) is 0 Å². The highest BCUT2D eigenvalue weighted by Gasteiger charge is 1.92. The van der Waals surface area contributed by atoms with E-state index in [1.54, 1.807) is 0 Å². The Balaban J connectivity index is -0.0000000667. The summed E-state index contributed by atoms with van der Waals surface area (Å²) in [5, 5.41) is 0. The molecule has 0 saturated heterocycles. The molecule has 0 aliphatic carbocycles. The van der Waals surface area contributed by atoms with Crippen molar-refractivity contribution in [3.8, 4) is 0 Å². The second kappa shape index (κ2) is 29.8. The van der Waals surface area contributed by atoms with Gasteiger partial charge < -0.3 is 29.4 Å². The summed E-state index contributed by atoms with van der Waals surface area (Å²) < 4.78 is 0. The lowest BCUT2D eigenvalue weighted by molar-refractivity contribution is 0.361. The highest BCUT2D eigenvalue weighted by atomic mass is 32.5. The van der Waals surface area contributed by atoms with Gasteiger partial charge in [0.25, 0.3) is 0 Å². The first-order valence-electron chi connectivity index (χ1n) is 8.81. The Kier molecular flexibility index (Phi) is 44.0. The van der Waals surface area contributed by atoms with Crippen LogP contribution in [0.25, 0.3) is 0 Å². The Morgan fingerprint density at radius 2 is 0.520 bits per heavy atom. The van der Waals surface area contributed by atoms with Crippen molar-refractivity contribution >= 4 is 37.1 Å². The molecule has 0 aromatic heterocycles. The predicted octanol–water partition coefficient (Wildman–Crippen LogP) is 4.97. The van der Waals surface area contributed by atoms with Crippen molar-refractivity contribution in [3.63, 3.8) is 0 Å². The molecule has 0 aliphatic heterocycles. The lowest BCUT2D eigenvalue weighted by Gasteiger charge is -1.88. The third-order valence-electron chi connectivity index (χ3n) is 2.12. The summed E-state index contributed by atoms with van der Waals surface area (Å²) in [6, 6.07) is 0. The molecule has 0 amide bonds. The van der Waals surface area contributed by atoms with E-state index in [9.17, 15) is 0 Å². The van der Waals surface area contributed by atoms with Crippen LogP contribution in [0.1, 0.15) is 99.3 Å². The summed E-state index contributed by atoms with van der Waals surface area (Å²) in [4.78, 5) is 45.3. The zero-order chi connectivity index (χ0) is 21.4. The Bertz CT molecular complexity index is 239. The first-order chi connectivity index (χ1) is 11.2. The lowest BCUT2D eigenvalue weighted by Crippen LogP contribution is -1.65. The summed E-state index contributed by atoms with van der Waals surface area (Å²) in [5.74, 6) is 0. The zero-order valence-corrected chi connectivity index (χ0v) is 20.2. The van der Waals surface area contributed by atoms with Crippen LogP contribution in [0.4, 0.5) is 0 Å². The number of hydrogen-bond donors (Lipinski definition) is 6. The molecule has 160 valence electrons. The quantitative estimate of drug-likeness (QED) is 0.318. The van der Waals surface area contributed by atoms with Crippen molar-refractivity contribution in [2.45, 2.75) is 99.3 Å². The van der Waals surface area contributed by atoms with E-state index in [1.165, 1.54) is 57.8 Å². The van der Waals surface area contributed by atoms with E-state index in [0.29, 0.717) is 0 Å². The molecule has 10 heteroatoms. The lowest BCUT2D eigenvalue weighted by atomic mass is 10.3. The van der Waals surface area contributed by atoms with Crippen molar-refractivity contribution < 1.29 is 29.4 Å². The van der Waals surface area contributed by atoms with Crippen LogP contribution in [-0.2, 0) is 23.6 Å². The molecule has 0 aromatic rings. The van der Waals surface area contributed by atoms with Gasteiger partial charge >= 0.3 is 13.4 Å². The van der Waals surface area contributed by atoms with Gasteiger partial charge in [0.05, 0.1) is 0 Å². The molecular formula is C15H42O6P2S2. The minimum absolute atomic E-state index is 1.34. The van der Waals surface area contributed by atoms with Gasteiger partial charge in [-0.2, -0.15) is 0 Å². The topological polar surface area (TPSA) is 121 Å². The summed E-state index contributed by atoms with van der Waals surface area (Å²) in [5.41, 5.74) is 0. The molecule has 0 heterocycles. The third-order valence-corrected chi connectivity index (χ3v) is 2.12. The third kappa shape index (κ3) is 267. The van der Waals surface area contributed by atoms with Gasteiger partial charge in [0.1, 0.15) is 0 Å². The maximum Gasteiger partial charge on any atom is 0.319 e. The van der Waals surface area contributed by atoms with Crippen molar-refractivity contribution in [1.82, 2.24) is 0 Å². The van der Waals surface area contributed by atoms with Crippen molar-refractivity contribution in [2.75, 3.05) is 0 Å². The monoisotopic (exact) mass is 444 g/mol. The summed E-state index contributed by atoms with van der Waals surface area (Å²) in [7, 11) is 0. The average Bonchev–Trinajstić information content (AvgIpc) is 2.39. The largest absolute Gasteiger partial charge is 0.325 e. The van der Waals surface area contributed by atoms with Gasteiger partial charge in [-0.1, -0.05) is 99.3 Å². The molecule has 0 saturated carbocycles. The highest BCUT2D eigenvalue weighted by Crippen LogP contribution is 2.26. The van der Waals surface area contributed by atoms with Crippen LogP contribution in [-0.4, -0.2) is 29.4 Å². The Morgan fingerprint density at radius 3 is 0.520 bits per heavy atom. The van der Waals surface area contributed by atoms with Crippen LogP contribution in [0.3, 0.4) is 0 Å². The average molecular weight is 445 g/mol. The van der Waals surface area contributed by atoms with Gasteiger partial charge in [0.2, 0.25) is 0 Å². The molecule has 0 aromatic carbocycles. The Hall–Kier alpha value is 1.06. The zero-order valence-electron chi connectivity index (χ0n) is 16.8. The minimum atomic E-state index is -3.81. The highest BCUT2D eigenvalue weighted by molar-refractivity contribution is 8.06. The fourth-order valence-electron chi connectivity index (χ4n) is 1.06. The number of hydrogen-bond acceptors (Lipinski definition) is 2. The van der Waals surface area contributed by atoms with Crippen molar-refractivity contribution in [1.29, 1.82) is 0 Å². The summed E-state index contributed by atoms with van der Waals surface area (Å²) in [6.07, 6.45) is 12.2. The number of rotatable bonds is 6. The molecule has 0 fully saturated rings. The van der Waals surface area contributed by atoms with Crippen molar-refractivity contribution in [3.05, 3.63) is 0 Å². The van der Waals surface area contributed by atoms with E-state index in [0.717, 1.165) is 0 Å². The number of unbranched alkanes of at least 4 members (excludes halogenated alkanes) is 6. The van der Waals surface area contributed by atoms with Crippen LogP contribution in [0.2, 0.25) is 0 Å². The minimum Gasteiger partial charge on any atom is -0.325 e. The van der Waals surface area contributed by atoms with Crippen LogP contribution in [0, 0.1) is 0 Å². The molecule has 0 radical (unpaired) electrons. The molecule has 25 heavy (non-hydrogen) atoms. The van der Waals surface area contributed by atoms with Gasteiger partial charge in [-0.05, 0) is 23.6 Å². The Labute approximate surface area is 165 Å². The van der Waals surface area contributed by atoms with Gasteiger partial charge in [-0.15, -0.1) is 0 Å². The van der Waals surface area contributed by atoms with Gasteiger partial charge in [-0.3, -0.25) is 0 Å². The molecule has 0 atom stereocenters. The molecule has 0 bridgehead atoms. The molecule has 0 spiro atoms. The molecular weight excluding hydrogens is 402 g/mol. The van der Waals surface area contributed by atoms with Gasteiger partial charge in [0, 0.05) is 0 Å². The van der Waals surface area contributed by atoms with E-state index in [4.69, 9.17) is 29.4 Å². The molecule has 6 nitrogen and oxygen atoms in total. The van der Waals surface area contributed by atoms with E-state index in [2.05, 4.69) is 65.2 Å². The molecule has 0 rings (SSSR count). The van der Waals surface area contributed by atoms with E-state index in [-0.39, 0.29) is 0 Å². The van der Waals surface area contributed by atoms with Crippen molar-refractivity contribution in [2.24, 2.45) is 0 Å². The predicted molar refractivity (Wildman–Crippen MR) is 117 cm³/mol. The SMILES string of the molecule is CCCCC.CCCCC.CCCCC.OP(O)(O)=S.OP(O)(O)=S. The fourth-order valence-corrected chi connectivity index (χ4v) is 1.06. The molecule has 0 unspecified atom stereocenters. The molecule has 6 N–H and O–H groups in total. The van der Waals surface area contributed by atoms with Crippen LogP contribution in [0.15, 0.2) is 0 Å². The standard InChI is InChI=1S/3C5H12.2H3O3PS/c3*1-3-5-4-2;2*1-4(2,3)5/h3*3-5H2,1-2H3;2*(H3,1,2,3,5). The first-order valence-corrected chi connectivity index (χ1v) is 14.1.